The van der Waals surface area contributed by atoms with Crippen LogP contribution in [0.2, 0.25) is 0 Å². The van der Waals surface area contributed by atoms with Gasteiger partial charge in [-0.15, -0.1) is 0 Å². The van der Waals surface area contributed by atoms with Gasteiger partial charge in [-0.2, -0.15) is 5.26 Å². The molecule has 25 heavy (non-hydrogen) atoms. The van der Waals surface area contributed by atoms with Crippen molar-refractivity contribution in [2.75, 3.05) is 26.4 Å². The second kappa shape index (κ2) is 10.9. The van der Waals surface area contributed by atoms with Gasteiger partial charge >= 0.3 is 5.97 Å². The van der Waals surface area contributed by atoms with Crippen molar-refractivity contribution in [3.05, 3.63) is 23.8 Å². The first-order chi connectivity index (χ1) is 12.0. The molecule has 1 N–H and O–H groups in total. The van der Waals surface area contributed by atoms with E-state index in [0.717, 1.165) is 0 Å². The third-order valence-corrected chi connectivity index (χ3v) is 2.94. The summed E-state index contributed by atoms with van der Waals surface area (Å²) >= 11 is 0. The molecule has 0 fully saturated rings. The van der Waals surface area contributed by atoms with Crippen LogP contribution in [0.1, 0.15) is 37.6 Å². The normalized spacial score (nSPS) is 10.0. The van der Waals surface area contributed by atoms with Crippen molar-refractivity contribution in [3.63, 3.8) is 0 Å². The lowest BCUT2D eigenvalue weighted by Gasteiger charge is -2.14. The van der Waals surface area contributed by atoms with Crippen molar-refractivity contribution in [3.8, 4) is 17.6 Å². The molecule has 1 aromatic rings. The van der Waals surface area contributed by atoms with Crippen LogP contribution in [-0.2, 0) is 9.53 Å². The van der Waals surface area contributed by atoms with Crippen LogP contribution in [-0.4, -0.2) is 38.2 Å². The Morgan fingerprint density at radius 1 is 1.24 bits per heavy atom. The minimum Gasteiger partial charge on any atom is -0.490 e. The molecular weight excluding hydrogens is 324 g/mol. The van der Waals surface area contributed by atoms with Gasteiger partial charge in [0.2, 0.25) is 0 Å². The Morgan fingerprint density at radius 2 is 2.00 bits per heavy atom. The molecule has 1 rings (SSSR count). The summed E-state index contributed by atoms with van der Waals surface area (Å²) in [4.78, 5) is 23.5. The maximum Gasteiger partial charge on any atom is 0.338 e. The highest BCUT2D eigenvalue weighted by molar-refractivity contribution is 5.92. The summed E-state index contributed by atoms with van der Waals surface area (Å²) in [5.74, 6) is 0.286. The molecule has 0 saturated carbocycles. The molecule has 0 aromatic heterocycles. The van der Waals surface area contributed by atoms with E-state index in [1.807, 2.05) is 26.8 Å². The maximum absolute atomic E-state index is 12.1. The minimum absolute atomic E-state index is 0.204. The van der Waals surface area contributed by atoms with Crippen molar-refractivity contribution in [2.45, 2.75) is 27.2 Å². The third-order valence-electron chi connectivity index (χ3n) is 2.94. The number of hydrogen-bond donors (Lipinski definition) is 1. The molecule has 1 aromatic carbocycles. The highest BCUT2D eigenvalue weighted by Crippen LogP contribution is 2.29. The van der Waals surface area contributed by atoms with Gasteiger partial charge in [0.25, 0.3) is 5.91 Å². The Morgan fingerprint density at radius 3 is 2.64 bits per heavy atom. The molecule has 0 aliphatic rings. The van der Waals surface area contributed by atoms with Gasteiger partial charge in [0.1, 0.15) is 0 Å². The summed E-state index contributed by atoms with van der Waals surface area (Å²) in [7, 11) is 0. The number of amides is 1. The second-order valence-electron chi connectivity index (χ2n) is 5.63. The molecule has 0 unspecified atom stereocenters. The molecular formula is C18H24N2O5. The van der Waals surface area contributed by atoms with Gasteiger partial charge in [-0.25, -0.2) is 4.79 Å². The van der Waals surface area contributed by atoms with E-state index in [4.69, 9.17) is 19.5 Å². The van der Waals surface area contributed by atoms with E-state index in [0.29, 0.717) is 30.6 Å². The van der Waals surface area contributed by atoms with E-state index in [1.54, 1.807) is 12.1 Å². The van der Waals surface area contributed by atoms with Gasteiger partial charge in [-0.05, 0) is 31.0 Å². The average Bonchev–Trinajstić information content (AvgIpc) is 2.59. The molecule has 0 aliphatic carbocycles. The number of rotatable bonds is 10. The van der Waals surface area contributed by atoms with Crippen LogP contribution in [0.25, 0.3) is 0 Å². The SMILES string of the molecule is CCOc1cc(C(=O)OCC(=O)NCCC#N)ccc1OCC(C)C. The molecule has 0 spiro atoms. The summed E-state index contributed by atoms with van der Waals surface area (Å²) in [6.45, 7) is 6.69. The topological polar surface area (TPSA) is 97.6 Å². The highest BCUT2D eigenvalue weighted by Gasteiger charge is 2.14. The van der Waals surface area contributed by atoms with Crippen LogP contribution < -0.4 is 14.8 Å². The summed E-state index contributed by atoms with van der Waals surface area (Å²) < 4.78 is 16.1. The molecule has 1 amide bonds. The molecule has 0 atom stereocenters. The van der Waals surface area contributed by atoms with Gasteiger partial charge in [-0.3, -0.25) is 4.79 Å². The lowest BCUT2D eigenvalue weighted by molar-refractivity contribution is -0.124. The van der Waals surface area contributed by atoms with Gasteiger partial charge in [0.15, 0.2) is 18.1 Å². The predicted molar refractivity (Wildman–Crippen MR) is 91.5 cm³/mol. The van der Waals surface area contributed by atoms with Crippen LogP contribution in [0.5, 0.6) is 11.5 Å². The summed E-state index contributed by atoms with van der Waals surface area (Å²) in [5.41, 5.74) is 0.269. The number of nitrogens with one attached hydrogen (secondary N) is 1. The number of hydrogen-bond acceptors (Lipinski definition) is 6. The number of nitriles is 1. The fraction of sp³-hybridized carbons (Fsp3) is 0.500. The molecule has 0 aliphatic heterocycles. The Hall–Kier alpha value is -2.75. The molecule has 0 heterocycles. The Kier molecular flexibility index (Phi) is 8.86. The molecule has 7 heteroatoms. The Balaban J connectivity index is 2.67. The number of benzene rings is 1. The quantitative estimate of drug-likeness (QED) is 0.515. The van der Waals surface area contributed by atoms with E-state index in [1.165, 1.54) is 6.07 Å². The van der Waals surface area contributed by atoms with E-state index >= 15 is 0 Å². The van der Waals surface area contributed by atoms with E-state index < -0.39 is 18.5 Å². The summed E-state index contributed by atoms with van der Waals surface area (Å²) in [6, 6.07) is 6.66. The van der Waals surface area contributed by atoms with E-state index in [9.17, 15) is 9.59 Å². The van der Waals surface area contributed by atoms with Crippen molar-refractivity contribution in [2.24, 2.45) is 5.92 Å². The number of esters is 1. The monoisotopic (exact) mass is 348 g/mol. The van der Waals surface area contributed by atoms with Gasteiger partial charge < -0.3 is 19.5 Å². The van der Waals surface area contributed by atoms with Crippen molar-refractivity contribution >= 4 is 11.9 Å². The number of carbonyl (C=O) groups is 2. The summed E-state index contributed by atoms with van der Waals surface area (Å²) in [6.07, 6.45) is 0.204. The zero-order valence-electron chi connectivity index (χ0n) is 14.8. The van der Waals surface area contributed by atoms with Gasteiger partial charge in [0.05, 0.1) is 31.3 Å². The fourth-order valence-electron chi connectivity index (χ4n) is 1.80. The average molecular weight is 348 g/mol. The largest absolute Gasteiger partial charge is 0.490 e. The molecule has 7 nitrogen and oxygen atoms in total. The second-order valence-corrected chi connectivity index (χ2v) is 5.63. The maximum atomic E-state index is 12.1. The molecule has 0 bridgehead atoms. The number of carbonyl (C=O) groups excluding carboxylic acids is 2. The molecule has 0 saturated heterocycles. The van der Waals surface area contributed by atoms with Crippen LogP contribution in [0.3, 0.4) is 0 Å². The third kappa shape index (κ3) is 7.57. The predicted octanol–water partition coefficient (Wildman–Crippen LogP) is 2.31. The zero-order valence-corrected chi connectivity index (χ0v) is 14.8. The van der Waals surface area contributed by atoms with E-state index in [-0.39, 0.29) is 18.5 Å². The lowest BCUT2D eigenvalue weighted by atomic mass is 10.2. The van der Waals surface area contributed by atoms with Crippen molar-refractivity contribution < 1.29 is 23.8 Å². The van der Waals surface area contributed by atoms with Crippen LogP contribution in [0.4, 0.5) is 0 Å². The highest BCUT2D eigenvalue weighted by atomic mass is 16.5. The smallest absolute Gasteiger partial charge is 0.338 e. The standard InChI is InChI=1S/C18H24N2O5/c1-4-23-16-10-14(6-7-15(16)24-11-13(2)3)18(22)25-12-17(21)20-9-5-8-19/h6-7,10,13H,4-5,9,11-12H2,1-3H3,(H,20,21). The number of ether oxygens (including phenoxy) is 3. The zero-order chi connectivity index (χ0) is 18.7. The lowest BCUT2D eigenvalue weighted by Crippen LogP contribution is -2.29. The van der Waals surface area contributed by atoms with Crippen molar-refractivity contribution in [1.29, 1.82) is 5.26 Å². The van der Waals surface area contributed by atoms with Gasteiger partial charge in [-0.1, -0.05) is 13.8 Å². The molecule has 0 radical (unpaired) electrons. The van der Waals surface area contributed by atoms with Crippen LogP contribution in [0, 0.1) is 17.2 Å². The molecule has 136 valence electrons. The minimum atomic E-state index is -0.633. The number of nitrogens with zero attached hydrogens (tertiary/aromatic N) is 1. The first-order valence-corrected chi connectivity index (χ1v) is 8.18. The Bertz CT molecular complexity index is 622. The van der Waals surface area contributed by atoms with Crippen molar-refractivity contribution in [1.82, 2.24) is 5.32 Å². The fourth-order valence-corrected chi connectivity index (χ4v) is 1.80. The first kappa shape index (κ1) is 20.3. The van der Waals surface area contributed by atoms with Crippen LogP contribution >= 0.6 is 0 Å². The first-order valence-electron chi connectivity index (χ1n) is 8.18. The van der Waals surface area contributed by atoms with E-state index in [2.05, 4.69) is 5.32 Å². The Labute approximate surface area is 147 Å². The van der Waals surface area contributed by atoms with Gasteiger partial charge in [0, 0.05) is 6.54 Å². The van der Waals surface area contributed by atoms with Crippen LogP contribution in [0.15, 0.2) is 18.2 Å². The summed E-state index contributed by atoms with van der Waals surface area (Å²) in [5, 5.41) is 10.9.